The van der Waals surface area contributed by atoms with Crippen LogP contribution in [0, 0.1) is 0 Å². The van der Waals surface area contributed by atoms with E-state index in [-0.39, 0.29) is 11.9 Å². The number of pyridine rings is 1. The van der Waals surface area contributed by atoms with Gasteiger partial charge in [-0.25, -0.2) is 4.98 Å². The molecule has 5 heteroatoms. The average Bonchev–Trinajstić information content (AvgIpc) is 2.29. The highest BCUT2D eigenvalue weighted by Gasteiger charge is 2.04. The van der Waals surface area contributed by atoms with E-state index in [1.807, 2.05) is 26.0 Å². The van der Waals surface area contributed by atoms with Crippen LogP contribution in [0.4, 0.5) is 11.6 Å². The highest BCUT2D eigenvalue weighted by Crippen LogP contribution is 2.05. The number of rotatable bonds is 6. The van der Waals surface area contributed by atoms with Crippen molar-refractivity contribution in [2.45, 2.75) is 32.7 Å². The summed E-state index contributed by atoms with van der Waals surface area (Å²) in [7, 11) is 0. The van der Waals surface area contributed by atoms with Gasteiger partial charge in [0.05, 0.1) is 0 Å². The third-order valence-electron chi connectivity index (χ3n) is 2.45. The number of nitrogen functional groups attached to an aromatic ring is 1. The maximum absolute atomic E-state index is 11.5. The number of aromatic nitrogens is 1. The summed E-state index contributed by atoms with van der Waals surface area (Å²) in [5.74, 6) is 1.22. The van der Waals surface area contributed by atoms with Crippen LogP contribution < -0.4 is 16.4 Å². The van der Waals surface area contributed by atoms with Crippen LogP contribution in [0.1, 0.15) is 26.7 Å². The maximum Gasteiger partial charge on any atom is 0.221 e. The first-order valence-corrected chi connectivity index (χ1v) is 5.87. The maximum atomic E-state index is 11.5. The van der Waals surface area contributed by atoms with Crippen molar-refractivity contribution < 1.29 is 4.79 Å². The van der Waals surface area contributed by atoms with E-state index in [2.05, 4.69) is 15.6 Å². The highest BCUT2D eigenvalue weighted by molar-refractivity contribution is 5.76. The molecule has 1 aromatic rings. The first kappa shape index (κ1) is 13.3. The molecule has 17 heavy (non-hydrogen) atoms. The van der Waals surface area contributed by atoms with E-state index in [4.69, 9.17) is 5.73 Å². The van der Waals surface area contributed by atoms with Crippen molar-refractivity contribution in [2.75, 3.05) is 17.6 Å². The zero-order chi connectivity index (χ0) is 12.7. The van der Waals surface area contributed by atoms with E-state index in [9.17, 15) is 4.79 Å². The summed E-state index contributed by atoms with van der Waals surface area (Å²) in [6.07, 6.45) is 1.37. The SMILES string of the molecule is CCC(C)NC(=O)CCNc1cccc(N)n1. The number of amides is 1. The molecule has 4 N–H and O–H groups in total. The van der Waals surface area contributed by atoms with Crippen molar-refractivity contribution in [2.24, 2.45) is 0 Å². The molecular formula is C12H20N4O. The third kappa shape index (κ3) is 5.19. The first-order chi connectivity index (χ1) is 8.11. The van der Waals surface area contributed by atoms with Gasteiger partial charge < -0.3 is 16.4 Å². The Balaban J connectivity index is 2.26. The Morgan fingerprint density at radius 2 is 2.29 bits per heavy atom. The fourth-order valence-electron chi connectivity index (χ4n) is 1.30. The fourth-order valence-corrected chi connectivity index (χ4v) is 1.30. The highest BCUT2D eigenvalue weighted by atomic mass is 16.1. The van der Waals surface area contributed by atoms with Gasteiger partial charge in [0, 0.05) is 19.0 Å². The van der Waals surface area contributed by atoms with Crippen LogP contribution in [0.2, 0.25) is 0 Å². The Hall–Kier alpha value is -1.78. The molecule has 1 rings (SSSR count). The molecular weight excluding hydrogens is 216 g/mol. The first-order valence-electron chi connectivity index (χ1n) is 5.87. The van der Waals surface area contributed by atoms with E-state index >= 15 is 0 Å². The van der Waals surface area contributed by atoms with E-state index in [0.29, 0.717) is 24.6 Å². The molecule has 94 valence electrons. The Morgan fingerprint density at radius 3 is 2.94 bits per heavy atom. The minimum atomic E-state index is 0.0516. The van der Waals surface area contributed by atoms with Gasteiger partial charge >= 0.3 is 0 Å². The molecule has 5 nitrogen and oxygen atoms in total. The second-order valence-electron chi connectivity index (χ2n) is 4.00. The van der Waals surface area contributed by atoms with Gasteiger partial charge in [-0.15, -0.1) is 0 Å². The predicted octanol–water partition coefficient (Wildman–Crippen LogP) is 1.38. The molecule has 1 heterocycles. The third-order valence-corrected chi connectivity index (χ3v) is 2.45. The van der Waals surface area contributed by atoms with Gasteiger partial charge in [0.25, 0.3) is 0 Å². The summed E-state index contributed by atoms with van der Waals surface area (Å²) >= 11 is 0. The molecule has 0 aliphatic rings. The molecule has 0 aromatic carbocycles. The van der Waals surface area contributed by atoms with E-state index < -0.39 is 0 Å². The lowest BCUT2D eigenvalue weighted by Crippen LogP contribution is -2.33. The summed E-state index contributed by atoms with van der Waals surface area (Å²) in [6, 6.07) is 5.60. The van der Waals surface area contributed by atoms with Crippen LogP contribution in [0.3, 0.4) is 0 Å². The Morgan fingerprint density at radius 1 is 1.53 bits per heavy atom. The lowest BCUT2D eigenvalue weighted by Gasteiger charge is -2.11. The molecule has 0 radical (unpaired) electrons. The number of carbonyl (C=O) groups is 1. The smallest absolute Gasteiger partial charge is 0.221 e. The quantitative estimate of drug-likeness (QED) is 0.697. The zero-order valence-electron chi connectivity index (χ0n) is 10.4. The minimum Gasteiger partial charge on any atom is -0.384 e. The van der Waals surface area contributed by atoms with E-state index in [1.54, 1.807) is 6.07 Å². The van der Waals surface area contributed by atoms with Gasteiger partial charge in [0.2, 0.25) is 5.91 Å². The standard InChI is InChI=1S/C12H20N4O/c1-3-9(2)15-12(17)7-8-14-11-6-4-5-10(13)16-11/h4-6,9H,3,7-8H2,1-2H3,(H,15,17)(H3,13,14,16). The molecule has 1 atom stereocenters. The van der Waals surface area contributed by atoms with Crippen molar-refractivity contribution in [3.05, 3.63) is 18.2 Å². The summed E-state index contributed by atoms with van der Waals surface area (Å²) < 4.78 is 0. The number of hydrogen-bond acceptors (Lipinski definition) is 4. The van der Waals surface area contributed by atoms with Crippen molar-refractivity contribution in [3.63, 3.8) is 0 Å². The van der Waals surface area contributed by atoms with Gasteiger partial charge in [-0.2, -0.15) is 0 Å². The van der Waals surface area contributed by atoms with Gasteiger partial charge in [0.15, 0.2) is 0 Å². The van der Waals surface area contributed by atoms with Crippen LogP contribution in [-0.4, -0.2) is 23.5 Å². The Bertz CT molecular complexity index is 367. The van der Waals surface area contributed by atoms with Crippen LogP contribution in [0.5, 0.6) is 0 Å². The van der Waals surface area contributed by atoms with Crippen molar-refractivity contribution in [3.8, 4) is 0 Å². The molecule has 0 aliphatic heterocycles. The number of nitrogens with zero attached hydrogens (tertiary/aromatic N) is 1. The van der Waals surface area contributed by atoms with Crippen LogP contribution in [-0.2, 0) is 4.79 Å². The molecule has 0 spiro atoms. The van der Waals surface area contributed by atoms with Crippen molar-refractivity contribution in [1.82, 2.24) is 10.3 Å². The van der Waals surface area contributed by atoms with Crippen LogP contribution in [0.25, 0.3) is 0 Å². The second kappa shape index (κ2) is 6.73. The lowest BCUT2D eigenvalue weighted by atomic mass is 10.2. The van der Waals surface area contributed by atoms with Crippen molar-refractivity contribution >= 4 is 17.5 Å². The predicted molar refractivity (Wildman–Crippen MR) is 69.7 cm³/mol. The molecule has 0 fully saturated rings. The largest absolute Gasteiger partial charge is 0.384 e. The molecule has 1 amide bonds. The monoisotopic (exact) mass is 236 g/mol. The fraction of sp³-hybridized carbons (Fsp3) is 0.500. The van der Waals surface area contributed by atoms with Gasteiger partial charge in [-0.3, -0.25) is 4.79 Å². The number of nitrogens with two attached hydrogens (primary N) is 1. The normalized spacial score (nSPS) is 11.9. The number of carbonyl (C=O) groups excluding carboxylic acids is 1. The topological polar surface area (TPSA) is 80.0 Å². The van der Waals surface area contributed by atoms with Gasteiger partial charge in [-0.05, 0) is 25.5 Å². The Kier molecular flexibility index (Phi) is 5.26. The molecule has 0 saturated heterocycles. The van der Waals surface area contributed by atoms with Crippen LogP contribution in [0.15, 0.2) is 18.2 Å². The van der Waals surface area contributed by atoms with E-state index in [1.165, 1.54) is 0 Å². The molecule has 1 aromatic heterocycles. The molecule has 1 unspecified atom stereocenters. The summed E-state index contributed by atoms with van der Waals surface area (Å²) in [6.45, 7) is 4.59. The second-order valence-corrected chi connectivity index (χ2v) is 4.00. The zero-order valence-corrected chi connectivity index (χ0v) is 10.4. The molecule has 0 aliphatic carbocycles. The molecule has 0 bridgehead atoms. The minimum absolute atomic E-state index is 0.0516. The van der Waals surface area contributed by atoms with Gasteiger partial charge in [-0.1, -0.05) is 13.0 Å². The van der Waals surface area contributed by atoms with Gasteiger partial charge in [0.1, 0.15) is 11.6 Å². The van der Waals surface area contributed by atoms with E-state index in [0.717, 1.165) is 6.42 Å². The van der Waals surface area contributed by atoms with Crippen LogP contribution >= 0.6 is 0 Å². The summed E-state index contributed by atoms with van der Waals surface area (Å²) in [5.41, 5.74) is 5.54. The number of anilines is 2. The average molecular weight is 236 g/mol. The number of nitrogens with one attached hydrogen (secondary N) is 2. The summed E-state index contributed by atoms with van der Waals surface area (Å²) in [5, 5.41) is 5.96. The van der Waals surface area contributed by atoms with Crippen molar-refractivity contribution in [1.29, 1.82) is 0 Å². The lowest BCUT2D eigenvalue weighted by molar-refractivity contribution is -0.121. The molecule has 0 saturated carbocycles. The number of hydrogen-bond donors (Lipinski definition) is 3. The Labute approximate surface area is 102 Å². The summed E-state index contributed by atoms with van der Waals surface area (Å²) in [4.78, 5) is 15.6.